The molecule has 0 rings (SSSR count). The van der Waals surface area contributed by atoms with Crippen molar-refractivity contribution in [1.82, 2.24) is 4.31 Å². The predicted molar refractivity (Wildman–Crippen MR) is 45.6 cm³/mol. The summed E-state index contributed by atoms with van der Waals surface area (Å²) in [5, 5.41) is 0. The molecule has 0 spiro atoms. The zero-order valence-corrected chi connectivity index (χ0v) is 6.69. The molecule has 0 aromatic rings. The van der Waals surface area contributed by atoms with Gasteiger partial charge in [0.2, 0.25) is 0 Å². The molecule has 1 nitrogen and oxygen atoms in total. The van der Waals surface area contributed by atoms with Crippen molar-refractivity contribution in [3.8, 4) is 0 Å². The van der Waals surface area contributed by atoms with Crippen molar-refractivity contribution in [3.63, 3.8) is 0 Å². The van der Waals surface area contributed by atoms with E-state index in [2.05, 4.69) is 26.0 Å². The summed E-state index contributed by atoms with van der Waals surface area (Å²) in [6, 6.07) is 0. The Morgan fingerprint density at radius 2 is 2.33 bits per heavy atom. The summed E-state index contributed by atoms with van der Waals surface area (Å²) < 4.78 is 1.86. The zero-order chi connectivity index (χ0) is 7.28. The second-order valence-corrected chi connectivity index (χ2v) is 2.66. The maximum Gasteiger partial charge on any atom is 0.0295 e. The van der Waals surface area contributed by atoms with Gasteiger partial charge in [0, 0.05) is 13.1 Å². The van der Waals surface area contributed by atoms with Crippen LogP contribution in [-0.4, -0.2) is 17.4 Å². The van der Waals surface area contributed by atoms with Crippen LogP contribution in [0.1, 0.15) is 6.92 Å². The van der Waals surface area contributed by atoms with E-state index in [-0.39, 0.29) is 0 Å². The molecule has 0 heterocycles. The second-order valence-electron chi connectivity index (χ2n) is 2.09. The monoisotopic (exact) mass is 143 g/mol. The van der Waals surface area contributed by atoms with E-state index in [4.69, 9.17) is 0 Å². The standard InChI is InChI=1S/C7H13NS/c1-4-5-8(9)6-7(2)3/h4,9H,1-2,5-6H2,3H3. The van der Waals surface area contributed by atoms with Crippen LogP contribution in [-0.2, 0) is 0 Å². The molecule has 0 fully saturated rings. The summed E-state index contributed by atoms with van der Waals surface area (Å²) in [6.45, 7) is 10.9. The minimum atomic E-state index is 0.802. The van der Waals surface area contributed by atoms with E-state index in [9.17, 15) is 0 Å². The number of hydrogen-bond acceptors (Lipinski definition) is 2. The molecule has 0 unspecified atom stereocenters. The SMILES string of the molecule is C=CCN(S)CC(=C)C. The number of thiol groups is 1. The molecular formula is C7H13NS. The molecule has 0 aliphatic heterocycles. The molecule has 0 atom stereocenters. The largest absolute Gasteiger partial charge is 0.245 e. The summed E-state index contributed by atoms with van der Waals surface area (Å²) in [5.74, 6) is 0. The van der Waals surface area contributed by atoms with Gasteiger partial charge in [-0.05, 0) is 6.92 Å². The molecule has 0 amide bonds. The van der Waals surface area contributed by atoms with E-state index in [1.165, 1.54) is 0 Å². The summed E-state index contributed by atoms with van der Waals surface area (Å²) in [5.41, 5.74) is 1.12. The molecule has 2 heteroatoms. The van der Waals surface area contributed by atoms with Crippen LogP contribution in [0.2, 0.25) is 0 Å². The van der Waals surface area contributed by atoms with Crippen LogP contribution in [0.25, 0.3) is 0 Å². The van der Waals surface area contributed by atoms with E-state index in [0.717, 1.165) is 18.7 Å². The average Bonchev–Trinajstić information content (AvgIpc) is 1.63. The van der Waals surface area contributed by atoms with Crippen LogP contribution in [0.5, 0.6) is 0 Å². The highest BCUT2D eigenvalue weighted by molar-refractivity contribution is 7.77. The molecule has 0 radical (unpaired) electrons. The smallest absolute Gasteiger partial charge is 0.0295 e. The van der Waals surface area contributed by atoms with Crippen molar-refractivity contribution in [1.29, 1.82) is 0 Å². The molecule has 0 aliphatic carbocycles. The molecule has 0 saturated carbocycles. The Hall–Kier alpha value is -0.210. The number of rotatable bonds is 4. The Morgan fingerprint density at radius 1 is 1.78 bits per heavy atom. The normalized spacial score (nSPS) is 9.67. The summed E-state index contributed by atoms with van der Waals surface area (Å²) >= 11 is 4.15. The Balaban J connectivity index is 3.37. The van der Waals surface area contributed by atoms with Crippen molar-refractivity contribution in [2.45, 2.75) is 6.92 Å². The Labute approximate surface area is 62.6 Å². The molecule has 0 aromatic carbocycles. The third-order valence-corrected chi connectivity index (χ3v) is 1.10. The maximum atomic E-state index is 4.15. The Morgan fingerprint density at radius 3 is 2.67 bits per heavy atom. The van der Waals surface area contributed by atoms with Crippen molar-refractivity contribution in [2.24, 2.45) is 0 Å². The van der Waals surface area contributed by atoms with Crippen molar-refractivity contribution >= 4 is 12.8 Å². The maximum absolute atomic E-state index is 4.15. The van der Waals surface area contributed by atoms with E-state index in [1.54, 1.807) is 0 Å². The lowest BCUT2D eigenvalue weighted by atomic mass is 10.3. The molecule has 0 N–H and O–H groups in total. The van der Waals surface area contributed by atoms with Gasteiger partial charge in [-0.25, -0.2) is 4.31 Å². The quantitative estimate of drug-likeness (QED) is 0.464. The first-order valence-corrected chi connectivity index (χ1v) is 3.26. The van der Waals surface area contributed by atoms with Crippen molar-refractivity contribution in [2.75, 3.05) is 13.1 Å². The van der Waals surface area contributed by atoms with Gasteiger partial charge >= 0.3 is 0 Å². The van der Waals surface area contributed by atoms with Gasteiger partial charge in [0.15, 0.2) is 0 Å². The minimum Gasteiger partial charge on any atom is -0.245 e. The highest BCUT2D eigenvalue weighted by Crippen LogP contribution is 1.97. The van der Waals surface area contributed by atoms with Gasteiger partial charge in [-0.1, -0.05) is 31.0 Å². The number of hydrogen-bond donors (Lipinski definition) is 1. The summed E-state index contributed by atoms with van der Waals surface area (Å²) in [4.78, 5) is 0. The van der Waals surface area contributed by atoms with Crippen LogP contribution in [0.4, 0.5) is 0 Å². The number of nitrogens with zero attached hydrogens (tertiary/aromatic N) is 1. The molecular weight excluding hydrogens is 130 g/mol. The fourth-order valence-electron chi connectivity index (χ4n) is 0.525. The summed E-state index contributed by atoms with van der Waals surface area (Å²) in [6.07, 6.45) is 1.82. The van der Waals surface area contributed by atoms with Crippen LogP contribution in [0.3, 0.4) is 0 Å². The lowest BCUT2D eigenvalue weighted by molar-refractivity contribution is 0.572. The van der Waals surface area contributed by atoms with Crippen LogP contribution in [0, 0.1) is 0 Å². The fourth-order valence-corrected chi connectivity index (χ4v) is 0.882. The van der Waals surface area contributed by atoms with Gasteiger partial charge in [0.1, 0.15) is 0 Å². The van der Waals surface area contributed by atoms with Crippen molar-refractivity contribution < 1.29 is 0 Å². The highest BCUT2D eigenvalue weighted by Gasteiger charge is 1.93. The molecule has 0 saturated heterocycles. The van der Waals surface area contributed by atoms with Gasteiger partial charge in [-0.3, -0.25) is 0 Å². The Bertz CT molecular complexity index is 109. The van der Waals surface area contributed by atoms with Gasteiger partial charge in [0.05, 0.1) is 0 Å². The lowest BCUT2D eigenvalue weighted by Crippen LogP contribution is -2.13. The van der Waals surface area contributed by atoms with E-state index < -0.39 is 0 Å². The van der Waals surface area contributed by atoms with Crippen molar-refractivity contribution in [3.05, 3.63) is 24.8 Å². The Kier molecular flexibility index (Phi) is 4.54. The highest BCUT2D eigenvalue weighted by atomic mass is 32.1. The topological polar surface area (TPSA) is 3.24 Å². The van der Waals surface area contributed by atoms with Gasteiger partial charge in [-0.2, -0.15) is 0 Å². The van der Waals surface area contributed by atoms with Gasteiger partial charge in [0.25, 0.3) is 0 Å². The lowest BCUT2D eigenvalue weighted by Gasteiger charge is -2.11. The first-order valence-electron chi connectivity index (χ1n) is 2.86. The first-order chi connectivity index (χ1) is 4.16. The van der Waals surface area contributed by atoms with E-state index in [1.807, 2.05) is 17.3 Å². The fraction of sp³-hybridized carbons (Fsp3) is 0.429. The van der Waals surface area contributed by atoms with Crippen LogP contribution < -0.4 is 0 Å². The van der Waals surface area contributed by atoms with Gasteiger partial charge in [-0.15, -0.1) is 6.58 Å². The molecule has 0 aromatic heterocycles. The zero-order valence-electron chi connectivity index (χ0n) is 5.80. The molecule has 9 heavy (non-hydrogen) atoms. The molecule has 52 valence electrons. The second kappa shape index (κ2) is 4.65. The van der Waals surface area contributed by atoms with E-state index >= 15 is 0 Å². The third kappa shape index (κ3) is 5.66. The van der Waals surface area contributed by atoms with Crippen LogP contribution >= 0.6 is 12.8 Å². The predicted octanol–water partition coefficient (Wildman–Crippen LogP) is 1.90. The molecule has 0 aliphatic rings. The van der Waals surface area contributed by atoms with Crippen LogP contribution in [0.15, 0.2) is 24.8 Å². The van der Waals surface area contributed by atoms with E-state index in [0.29, 0.717) is 0 Å². The van der Waals surface area contributed by atoms with Gasteiger partial charge < -0.3 is 0 Å². The average molecular weight is 143 g/mol. The molecule has 0 bridgehead atoms. The summed E-state index contributed by atoms with van der Waals surface area (Å²) in [7, 11) is 0. The first kappa shape index (κ1) is 8.79. The third-order valence-electron chi connectivity index (χ3n) is 0.792. The minimum absolute atomic E-state index is 0.802.